The van der Waals surface area contributed by atoms with Crippen molar-refractivity contribution in [2.45, 2.75) is 207 Å². The number of carbonyl (C=O) groups excluding carboxylic acids is 2. The summed E-state index contributed by atoms with van der Waals surface area (Å²) in [6, 6.07) is 0. The predicted octanol–water partition coefficient (Wildman–Crippen LogP) is 13.2. The van der Waals surface area contributed by atoms with Crippen LogP contribution in [0.2, 0.25) is 0 Å². The largest absolute Gasteiger partial charge is 0.472 e. The Hall–Kier alpha value is -1.73. The molecule has 0 rings (SSSR count). The van der Waals surface area contributed by atoms with Crippen LogP contribution >= 0.6 is 7.82 Å². The third-order valence-electron chi connectivity index (χ3n) is 8.95. The Morgan fingerprint density at radius 1 is 0.519 bits per heavy atom. The van der Waals surface area contributed by atoms with E-state index in [-0.39, 0.29) is 25.6 Å². The van der Waals surface area contributed by atoms with E-state index in [0.717, 1.165) is 57.8 Å². The van der Waals surface area contributed by atoms with Crippen molar-refractivity contribution in [3.63, 3.8) is 0 Å². The first-order chi connectivity index (χ1) is 25.3. The molecule has 1 N–H and O–H groups in total. The van der Waals surface area contributed by atoms with Gasteiger partial charge in [-0.25, -0.2) is 4.57 Å². The molecule has 0 aliphatic carbocycles. The minimum absolute atomic E-state index is 0.00177. The van der Waals surface area contributed by atoms with Crippen molar-refractivity contribution >= 4 is 19.8 Å². The molecule has 0 radical (unpaired) electrons. The van der Waals surface area contributed by atoms with Crippen molar-refractivity contribution in [2.24, 2.45) is 0 Å². The molecule has 0 aliphatic rings. The average molecular weight is 755 g/mol. The SMILES string of the molecule is CCCCC/C=C\C/C=C\C/C=C\CCCCCCCCC(=O)OC(COC(=O)CCCCCCCCCCCCCCC)COP(=O)(O)OCC. The summed E-state index contributed by atoms with van der Waals surface area (Å²) in [5, 5.41) is 0. The number of unbranched alkanes of at least 4 members (excludes halogenated alkanes) is 21. The Morgan fingerprint density at radius 2 is 0.923 bits per heavy atom. The molecule has 0 spiro atoms. The molecule has 0 aromatic heterocycles. The monoisotopic (exact) mass is 755 g/mol. The number of rotatable bonds is 39. The van der Waals surface area contributed by atoms with Gasteiger partial charge < -0.3 is 14.4 Å². The predicted molar refractivity (Wildman–Crippen MR) is 216 cm³/mol. The van der Waals surface area contributed by atoms with Crippen molar-refractivity contribution in [2.75, 3.05) is 19.8 Å². The Kier molecular flexibility index (Phi) is 37.7. The Balaban J connectivity index is 4.11. The first kappa shape index (κ1) is 50.3. The quantitative estimate of drug-likeness (QED) is 0.0286. The lowest BCUT2D eigenvalue weighted by Crippen LogP contribution is -2.29. The zero-order valence-electron chi connectivity index (χ0n) is 33.7. The highest BCUT2D eigenvalue weighted by molar-refractivity contribution is 7.47. The summed E-state index contributed by atoms with van der Waals surface area (Å²) >= 11 is 0. The van der Waals surface area contributed by atoms with E-state index in [4.69, 9.17) is 18.5 Å². The molecule has 0 saturated heterocycles. The van der Waals surface area contributed by atoms with Gasteiger partial charge in [0.1, 0.15) is 6.61 Å². The molecule has 0 aliphatic heterocycles. The summed E-state index contributed by atoms with van der Waals surface area (Å²) in [7, 11) is -4.28. The fourth-order valence-corrected chi connectivity index (χ4v) is 6.57. The Morgan fingerprint density at radius 3 is 1.42 bits per heavy atom. The molecule has 0 aromatic rings. The molecule has 2 atom stereocenters. The summed E-state index contributed by atoms with van der Waals surface area (Å²) < 4.78 is 32.6. The number of ether oxygens (including phenoxy) is 2. The molecule has 9 heteroatoms. The summed E-state index contributed by atoms with van der Waals surface area (Å²) in [5.41, 5.74) is 0. The standard InChI is InChI=1S/C43H79O8P/c1-4-7-9-11-13-15-17-19-20-21-22-23-24-26-28-30-32-34-36-38-43(45)51-41(40-50-52(46,47)49-6-3)39-48-42(44)37-35-33-31-29-27-25-18-16-14-12-10-8-5-2/h13,15,19-20,22-23,41H,4-12,14,16-18,21,24-40H2,1-3H3,(H,46,47)/b15-13-,20-19-,23-22-. The van der Waals surface area contributed by atoms with Crippen LogP contribution in [0, 0.1) is 0 Å². The zero-order valence-corrected chi connectivity index (χ0v) is 34.6. The van der Waals surface area contributed by atoms with E-state index in [1.165, 1.54) is 103 Å². The number of esters is 2. The number of allylic oxidation sites excluding steroid dienone is 6. The van der Waals surface area contributed by atoms with Crippen molar-refractivity contribution in [1.29, 1.82) is 0 Å². The van der Waals surface area contributed by atoms with Gasteiger partial charge in [-0.15, -0.1) is 0 Å². The number of phosphoric acid groups is 1. The Bertz CT molecular complexity index is 947. The maximum absolute atomic E-state index is 12.5. The van der Waals surface area contributed by atoms with Crippen LogP contribution in [-0.4, -0.2) is 42.8 Å². The topological polar surface area (TPSA) is 108 Å². The molecule has 0 saturated carbocycles. The fraction of sp³-hybridized carbons (Fsp3) is 0.814. The van der Waals surface area contributed by atoms with Gasteiger partial charge in [0, 0.05) is 12.8 Å². The molecule has 52 heavy (non-hydrogen) atoms. The number of hydrogen-bond acceptors (Lipinski definition) is 7. The second-order valence-corrected chi connectivity index (χ2v) is 15.5. The summed E-state index contributed by atoms with van der Waals surface area (Å²) in [4.78, 5) is 34.7. The Labute approximate surface area is 319 Å². The third kappa shape index (κ3) is 38.0. The van der Waals surface area contributed by atoms with Crippen LogP contribution < -0.4 is 0 Å². The second-order valence-electron chi connectivity index (χ2n) is 14.0. The van der Waals surface area contributed by atoms with Gasteiger partial charge in [-0.2, -0.15) is 0 Å². The van der Waals surface area contributed by atoms with Gasteiger partial charge in [0.15, 0.2) is 6.10 Å². The maximum atomic E-state index is 12.5. The van der Waals surface area contributed by atoms with Crippen molar-refractivity contribution in [3.05, 3.63) is 36.5 Å². The molecule has 304 valence electrons. The van der Waals surface area contributed by atoms with Crippen LogP contribution in [0.3, 0.4) is 0 Å². The van der Waals surface area contributed by atoms with Crippen LogP contribution in [0.1, 0.15) is 201 Å². The molecular formula is C43H79O8P. The summed E-state index contributed by atoms with van der Waals surface area (Å²) in [6.45, 7) is 5.44. The van der Waals surface area contributed by atoms with E-state index in [0.29, 0.717) is 12.8 Å². The minimum atomic E-state index is -4.28. The lowest BCUT2D eigenvalue weighted by atomic mass is 10.0. The van der Waals surface area contributed by atoms with E-state index in [9.17, 15) is 19.0 Å². The first-order valence-corrected chi connectivity index (χ1v) is 22.8. The van der Waals surface area contributed by atoms with Crippen LogP contribution in [0.4, 0.5) is 0 Å². The zero-order chi connectivity index (χ0) is 38.2. The van der Waals surface area contributed by atoms with Crippen LogP contribution in [0.15, 0.2) is 36.5 Å². The lowest BCUT2D eigenvalue weighted by molar-refractivity contribution is -0.161. The van der Waals surface area contributed by atoms with E-state index >= 15 is 0 Å². The summed E-state index contributed by atoms with van der Waals surface area (Å²) in [6.07, 6.45) is 43.3. The number of hydrogen-bond donors (Lipinski definition) is 1. The third-order valence-corrected chi connectivity index (χ3v) is 10.0. The highest BCUT2D eigenvalue weighted by atomic mass is 31.2. The van der Waals surface area contributed by atoms with Crippen molar-refractivity contribution < 1.29 is 37.6 Å². The van der Waals surface area contributed by atoms with Crippen molar-refractivity contribution in [1.82, 2.24) is 0 Å². The van der Waals surface area contributed by atoms with Gasteiger partial charge in [-0.1, -0.05) is 166 Å². The van der Waals surface area contributed by atoms with Crippen LogP contribution in [0.5, 0.6) is 0 Å². The van der Waals surface area contributed by atoms with E-state index in [1.807, 2.05) is 0 Å². The molecule has 2 unspecified atom stereocenters. The van der Waals surface area contributed by atoms with Gasteiger partial charge in [0.05, 0.1) is 13.2 Å². The van der Waals surface area contributed by atoms with Gasteiger partial charge >= 0.3 is 19.8 Å². The number of carbonyl (C=O) groups is 2. The second kappa shape index (κ2) is 39.0. The smallest absolute Gasteiger partial charge is 0.462 e. The molecule has 0 bridgehead atoms. The molecule has 0 heterocycles. The van der Waals surface area contributed by atoms with Gasteiger partial charge in [0.2, 0.25) is 0 Å². The fourth-order valence-electron chi connectivity index (χ4n) is 5.81. The maximum Gasteiger partial charge on any atom is 0.472 e. The summed E-state index contributed by atoms with van der Waals surface area (Å²) in [5.74, 6) is -0.808. The number of phosphoric ester groups is 1. The molecule has 8 nitrogen and oxygen atoms in total. The average Bonchev–Trinajstić information content (AvgIpc) is 3.12. The van der Waals surface area contributed by atoms with Crippen LogP contribution in [-0.2, 0) is 32.7 Å². The molecule has 0 fully saturated rings. The van der Waals surface area contributed by atoms with E-state index < -0.39 is 26.5 Å². The molecule has 0 amide bonds. The first-order valence-electron chi connectivity index (χ1n) is 21.3. The van der Waals surface area contributed by atoms with Crippen LogP contribution in [0.25, 0.3) is 0 Å². The van der Waals surface area contributed by atoms with E-state index in [2.05, 4.69) is 50.3 Å². The van der Waals surface area contributed by atoms with Gasteiger partial charge in [0.25, 0.3) is 0 Å². The molecule has 0 aromatic carbocycles. The lowest BCUT2D eigenvalue weighted by Gasteiger charge is -2.19. The van der Waals surface area contributed by atoms with Crippen molar-refractivity contribution in [3.8, 4) is 0 Å². The molecular weight excluding hydrogens is 675 g/mol. The van der Waals surface area contributed by atoms with E-state index in [1.54, 1.807) is 6.92 Å². The van der Waals surface area contributed by atoms with Gasteiger partial charge in [-0.3, -0.25) is 18.6 Å². The van der Waals surface area contributed by atoms with Gasteiger partial charge in [-0.05, 0) is 58.3 Å². The highest BCUT2D eigenvalue weighted by Crippen LogP contribution is 2.43. The minimum Gasteiger partial charge on any atom is -0.462 e. The normalized spacial score (nSPS) is 13.7. The highest BCUT2D eigenvalue weighted by Gasteiger charge is 2.25.